The van der Waals surface area contributed by atoms with E-state index in [-0.39, 0.29) is 5.91 Å². The molecule has 7 heteroatoms. The first-order valence-electron chi connectivity index (χ1n) is 9.08. The van der Waals surface area contributed by atoms with E-state index in [0.29, 0.717) is 18.7 Å². The van der Waals surface area contributed by atoms with Gasteiger partial charge in [0, 0.05) is 51.7 Å². The molecule has 144 valence electrons. The summed E-state index contributed by atoms with van der Waals surface area (Å²) in [6.45, 7) is 4.61. The molecule has 0 atom stereocenters. The van der Waals surface area contributed by atoms with Crippen LogP contribution in [-0.2, 0) is 4.74 Å². The van der Waals surface area contributed by atoms with Crippen LogP contribution in [0.15, 0.2) is 42.6 Å². The van der Waals surface area contributed by atoms with Crippen molar-refractivity contribution in [1.29, 1.82) is 0 Å². The van der Waals surface area contributed by atoms with E-state index in [2.05, 4.69) is 32.2 Å². The average Bonchev–Trinajstić information content (AvgIpc) is 2.74. The van der Waals surface area contributed by atoms with Crippen molar-refractivity contribution >= 4 is 17.4 Å². The summed E-state index contributed by atoms with van der Waals surface area (Å²) in [5, 5.41) is 2.80. The van der Waals surface area contributed by atoms with Crippen LogP contribution in [0, 0.1) is 0 Å². The number of aromatic nitrogens is 1. The number of pyridine rings is 1. The van der Waals surface area contributed by atoms with Gasteiger partial charge in [-0.05, 0) is 36.4 Å². The zero-order chi connectivity index (χ0) is 19.1. The van der Waals surface area contributed by atoms with Crippen molar-refractivity contribution in [3.05, 3.63) is 48.2 Å². The molecule has 2 aromatic rings. The van der Waals surface area contributed by atoms with E-state index in [0.717, 1.165) is 37.7 Å². The molecule has 0 radical (unpaired) electrons. The molecule has 27 heavy (non-hydrogen) atoms. The molecule has 1 aromatic carbocycles. The monoisotopic (exact) mass is 370 g/mol. The first-order chi connectivity index (χ1) is 13.2. The topological polar surface area (TPSA) is 66.9 Å². The van der Waals surface area contributed by atoms with Crippen molar-refractivity contribution in [2.24, 2.45) is 0 Å². The predicted molar refractivity (Wildman–Crippen MR) is 106 cm³/mol. The molecule has 1 aromatic heterocycles. The quantitative estimate of drug-likeness (QED) is 0.750. The second-order valence-corrected chi connectivity index (χ2v) is 6.33. The third kappa shape index (κ3) is 4.89. The van der Waals surface area contributed by atoms with Crippen molar-refractivity contribution in [2.75, 3.05) is 63.4 Å². The maximum Gasteiger partial charge on any atom is 0.252 e. The Morgan fingerprint density at radius 2 is 1.74 bits per heavy atom. The molecule has 1 aliphatic rings. The van der Waals surface area contributed by atoms with E-state index in [1.54, 1.807) is 20.4 Å². The maximum absolute atomic E-state index is 12.0. The van der Waals surface area contributed by atoms with E-state index in [9.17, 15) is 4.79 Å². The summed E-state index contributed by atoms with van der Waals surface area (Å²) in [7, 11) is 3.28. The highest BCUT2D eigenvalue weighted by Gasteiger charge is 2.18. The van der Waals surface area contributed by atoms with Crippen LogP contribution in [0.1, 0.15) is 10.4 Å². The number of rotatable bonds is 7. The largest absolute Gasteiger partial charge is 0.497 e. The predicted octanol–water partition coefficient (Wildman–Crippen LogP) is 1.79. The molecule has 2 heterocycles. The summed E-state index contributed by atoms with van der Waals surface area (Å²) in [6.07, 6.45) is 1.63. The van der Waals surface area contributed by atoms with Crippen LogP contribution in [0.25, 0.3) is 0 Å². The SMILES string of the molecule is COCCNC(=O)c1ccc(N2CCN(c3ccc(OC)cc3)CC2)nc1. The molecule has 1 amide bonds. The highest BCUT2D eigenvalue weighted by Crippen LogP contribution is 2.22. The van der Waals surface area contributed by atoms with Gasteiger partial charge in [0.05, 0.1) is 19.3 Å². The smallest absolute Gasteiger partial charge is 0.252 e. The van der Waals surface area contributed by atoms with Crippen LogP contribution in [0.2, 0.25) is 0 Å². The number of carbonyl (C=O) groups excluding carboxylic acids is 1. The zero-order valence-electron chi connectivity index (χ0n) is 15.9. The number of hydrogen-bond donors (Lipinski definition) is 1. The molecule has 1 aliphatic heterocycles. The Morgan fingerprint density at radius 1 is 1.04 bits per heavy atom. The van der Waals surface area contributed by atoms with Crippen LogP contribution in [0.3, 0.4) is 0 Å². The molecule has 1 fully saturated rings. The van der Waals surface area contributed by atoms with Gasteiger partial charge in [-0.3, -0.25) is 4.79 Å². The Labute approximate surface area is 159 Å². The summed E-state index contributed by atoms with van der Waals surface area (Å²) < 4.78 is 10.1. The van der Waals surface area contributed by atoms with Gasteiger partial charge in [0.2, 0.25) is 0 Å². The normalized spacial score (nSPS) is 14.1. The van der Waals surface area contributed by atoms with Crippen LogP contribution in [-0.4, -0.2) is 64.4 Å². The third-order valence-corrected chi connectivity index (χ3v) is 4.64. The van der Waals surface area contributed by atoms with Gasteiger partial charge in [-0.25, -0.2) is 4.98 Å². The van der Waals surface area contributed by atoms with Gasteiger partial charge in [-0.15, -0.1) is 0 Å². The van der Waals surface area contributed by atoms with Crippen molar-refractivity contribution in [2.45, 2.75) is 0 Å². The van der Waals surface area contributed by atoms with E-state index < -0.39 is 0 Å². The standard InChI is InChI=1S/C20H26N4O3/c1-26-14-9-21-20(25)16-3-8-19(22-15-16)24-12-10-23(11-13-24)17-4-6-18(27-2)7-5-17/h3-8,15H,9-14H2,1-2H3,(H,21,25). The van der Waals surface area contributed by atoms with E-state index in [1.807, 2.05) is 24.3 Å². The number of benzene rings is 1. The lowest BCUT2D eigenvalue weighted by molar-refractivity contribution is 0.0937. The number of nitrogens with zero attached hydrogens (tertiary/aromatic N) is 3. The number of methoxy groups -OCH3 is 2. The third-order valence-electron chi connectivity index (χ3n) is 4.64. The van der Waals surface area contributed by atoms with Gasteiger partial charge in [-0.2, -0.15) is 0 Å². The number of piperazine rings is 1. The number of anilines is 2. The zero-order valence-corrected chi connectivity index (χ0v) is 15.9. The highest BCUT2D eigenvalue weighted by molar-refractivity contribution is 5.94. The van der Waals surface area contributed by atoms with Crippen LogP contribution in [0.5, 0.6) is 5.75 Å². The number of carbonyl (C=O) groups is 1. The van der Waals surface area contributed by atoms with Crippen molar-refractivity contribution in [1.82, 2.24) is 10.3 Å². The van der Waals surface area contributed by atoms with E-state index >= 15 is 0 Å². The van der Waals surface area contributed by atoms with Crippen molar-refractivity contribution < 1.29 is 14.3 Å². The fourth-order valence-electron chi connectivity index (χ4n) is 3.06. The summed E-state index contributed by atoms with van der Waals surface area (Å²) in [4.78, 5) is 21.1. The number of hydrogen-bond acceptors (Lipinski definition) is 6. The molecule has 0 unspecified atom stereocenters. The minimum atomic E-state index is -0.129. The summed E-state index contributed by atoms with van der Waals surface area (Å²) >= 11 is 0. The fraction of sp³-hybridized carbons (Fsp3) is 0.400. The lowest BCUT2D eigenvalue weighted by Crippen LogP contribution is -2.46. The Morgan fingerprint density at radius 3 is 2.33 bits per heavy atom. The van der Waals surface area contributed by atoms with Crippen LogP contribution >= 0.6 is 0 Å². The molecule has 1 N–H and O–H groups in total. The van der Waals surface area contributed by atoms with Crippen molar-refractivity contribution in [3.8, 4) is 5.75 Å². The molecule has 0 bridgehead atoms. The van der Waals surface area contributed by atoms with Crippen molar-refractivity contribution in [3.63, 3.8) is 0 Å². The molecule has 0 saturated carbocycles. The first kappa shape index (κ1) is 19.0. The van der Waals surface area contributed by atoms with Gasteiger partial charge in [-0.1, -0.05) is 0 Å². The van der Waals surface area contributed by atoms with E-state index in [4.69, 9.17) is 9.47 Å². The summed E-state index contributed by atoms with van der Waals surface area (Å²) in [5.41, 5.74) is 1.76. The average molecular weight is 370 g/mol. The van der Waals surface area contributed by atoms with Gasteiger partial charge in [0.1, 0.15) is 11.6 Å². The molecule has 7 nitrogen and oxygen atoms in total. The van der Waals surface area contributed by atoms with Crippen LogP contribution in [0.4, 0.5) is 11.5 Å². The molecule has 1 saturated heterocycles. The molecular weight excluding hydrogens is 344 g/mol. The van der Waals surface area contributed by atoms with Gasteiger partial charge in [0.25, 0.3) is 5.91 Å². The molecular formula is C20H26N4O3. The fourth-order valence-corrected chi connectivity index (χ4v) is 3.06. The van der Waals surface area contributed by atoms with Gasteiger partial charge >= 0.3 is 0 Å². The van der Waals surface area contributed by atoms with E-state index in [1.165, 1.54) is 5.69 Å². The Hall–Kier alpha value is -2.80. The molecule has 3 rings (SSSR count). The summed E-state index contributed by atoms with van der Waals surface area (Å²) in [5.74, 6) is 1.64. The Balaban J connectivity index is 1.53. The Bertz CT molecular complexity index is 726. The van der Waals surface area contributed by atoms with Gasteiger partial charge in [0.15, 0.2) is 0 Å². The first-order valence-corrected chi connectivity index (χ1v) is 9.08. The number of nitrogens with one attached hydrogen (secondary N) is 1. The highest BCUT2D eigenvalue weighted by atomic mass is 16.5. The van der Waals surface area contributed by atoms with Crippen LogP contribution < -0.4 is 19.9 Å². The lowest BCUT2D eigenvalue weighted by Gasteiger charge is -2.36. The second kappa shape index (κ2) is 9.23. The molecule has 0 aliphatic carbocycles. The lowest BCUT2D eigenvalue weighted by atomic mass is 10.2. The minimum absolute atomic E-state index is 0.129. The Kier molecular flexibility index (Phi) is 6.49. The number of ether oxygens (including phenoxy) is 2. The van der Waals surface area contributed by atoms with Gasteiger partial charge < -0.3 is 24.6 Å². The second-order valence-electron chi connectivity index (χ2n) is 6.33. The summed E-state index contributed by atoms with van der Waals surface area (Å²) in [6, 6.07) is 11.9. The number of amides is 1. The molecule has 0 spiro atoms. The maximum atomic E-state index is 12.0. The minimum Gasteiger partial charge on any atom is -0.497 e.